The maximum absolute atomic E-state index is 5.76. The second kappa shape index (κ2) is 17.9. The Morgan fingerprint density at radius 2 is 0.786 bits per heavy atom. The van der Waals surface area contributed by atoms with Crippen LogP contribution in [0.4, 0.5) is 0 Å². The molecule has 0 unspecified atom stereocenters. The Balaban J connectivity index is 3.66. The summed E-state index contributed by atoms with van der Waals surface area (Å²) in [6.07, 6.45) is 8.45. The van der Waals surface area contributed by atoms with Crippen molar-refractivity contribution in [1.82, 2.24) is 10.6 Å². The Labute approximate surface area is 169 Å². The van der Waals surface area contributed by atoms with Crippen molar-refractivity contribution in [3.8, 4) is 0 Å². The molecule has 0 amide bonds. The molecule has 10 N–H and O–H groups in total. The zero-order valence-electron chi connectivity index (χ0n) is 17.6. The first-order chi connectivity index (χ1) is 13.5. The maximum Gasteiger partial charge on any atom is 0.195 e. The van der Waals surface area contributed by atoms with Gasteiger partial charge in [0.15, 0.2) is 23.8 Å². The normalized spacial score (nSPS) is 13.6. The van der Waals surface area contributed by atoms with Gasteiger partial charge in [-0.1, -0.05) is 39.5 Å². The number of guanidine groups is 4. The Hall–Kier alpha value is -2.52. The molecule has 0 bridgehead atoms. The molecule has 0 heterocycles. The second-order valence-corrected chi connectivity index (χ2v) is 6.44. The van der Waals surface area contributed by atoms with Crippen LogP contribution < -0.4 is 33.6 Å². The molecule has 28 heavy (non-hydrogen) atoms. The van der Waals surface area contributed by atoms with Crippen LogP contribution in [0.15, 0.2) is 20.0 Å². The average Bonchev–Trinajstić information content (AvgIpc) is 2.66. The highest BCUT2D eigenvalue weighted by atomic mass is 15.2. The van der Waals surface area contributed by atoms with Crippen LogP contribution in [-0.4, -0.2) is 50.0 Å². The predicted octanol–water partition coefficient (Wildman–Crippen LogP) is 0.585. The maximum atomic E-state index is 5.76. The lowest BCUT2D eigenvalue weighted by molar-refractivity contribution is 0.601. The van der Waals surface area contributed by atoms with E-state index in [9.17, 15) is 0 Å². The van der Waals surface area contributed by atoms with Crippen LogP contribution in [0.1, 0.15) is 65.2 Å². The van der Waals surface area contributed by atoms with Crippen molar-refractivity contribution in [1.29, 1.82) is 0 Å². The highest BCUT2D eigenvalue weighted by Gasteiger charge is 1.96. The van der Waals surface area contributed by atoms with E-state index in [4.69, 9.17) is 22.9 Å². The summed E-state index contributed by atoms with van der Waals surface area (Å²) in [4.78, 5) is 16.7. The highest BCUT2D eigenvalue weighted by molar-refractivity contribution is 5.97. The zero-order chi connectivity index (χ0) is 21.0. The molecule has 0 aliphatic carbocycles. The average molecular weight is 397 g/mol. The van der Waals surface area contributed by atoms with Gasteiger partial charge in [0.25, 0.3) is 0 Å². The molecule has 10 nitrogen and oxygen atoms in total. The fourth-order valence-corrected chi connectivity index (χ4v) is 2.21. The minimum atomic E-state index is 0.317. The predicted molar refractivity (Wildman–Crippen MR) is 121 cm³/mol. The molecule has 0 atom stereocenters. The van der Waals surface area contributed by atoms with Gasteiger partial charge in [0.1, 0.15) is 0 Å². The van der Waals surface area contributed by atoms with Crippen LogP contribution >= 0.6 is 0 Å². The van der Waals surface area contributed by atoms with Gasteiger partial charge in [-0.15, -0.1) is 0 Å². The smallest absolute Gasteiger partial charge is 0.195 e. The molecule has 0 rings (SSSR count). The molecule has 0 fully saturated rings. The topological polar surface area (TPSA) is 178 Å². The molecule has 0 radical (unpaired) electrons. The van der Waals surface area contributed by atoms with Crippen molar-refractivity contribution in [3.05, 3.63) is 0 Å². The molecule has 0 aliphatic heterocycles. The number of nitrogens with two attached hydrogens (primary N) is 4. The van der Waals surface area contributed by atoms with Gasteiger partial charge in [0, 0.05) is 26.2 Å². The third-order valence-electron chi connectivity index (χ3n) is 3.65. The molecule has 0 aromatic heterocycles. The minimum Gasteiger partial charge on any atom is -0.370 e. The number of aliphatic imine (C=N–C) groups is 4. The summed E-state index contributed by atoms with van der Waals surface area (Å²) < 4.78 is 0. The lowest BCUT2D eigenvalue weighted by Gasteiger charge is -2.05. The van der Waals surface area contributed by atoms with Crippen LogP contribution in [0.5, 0.6) is 0 Å². The van der Waals surface area contributed by atoms with E-state index in [2.05, 4.69) is 30.6 Å². The van der Waals surface area contributed by atoms with E-state index in [1.54, 1.807) is 0 Å². The van der Waals surface area contributed by atoms with Crippen LogP contribution in [0.3, 0.4) is 0 Å². The monoisotopic (exact) mass is 396 g/mol. The summed E-state index contributed by atoms with van der Waals surface area (Å²) in [5, 5.41) is 5.57. The van der Waals surface area contributed by atoms with E-state index in [0.717, 1.165) is 51.4 Å². The number of nitrogens with one attached hydrogen (secondary N) is 2. The molecular weight excluding hydrogens is 356 g/mol. The van der Waals surface area contributed by atoms with Crippen molar-refractivity contribution in [2.45, 2.75) is 65.2 Å². The van der Waals surface area contributed by atoms with E-state index in [1.807, 2.05) is 13.8 Å². The van der Waals surface area contributed by atoms with Crippen LogP contribution in [0.2, 0.25) is 0 Å². The van der Waals surface area contributed by atoms with Crippen molar-refractivity contribution in [2.24, 2.45) is 42.9 Å². The standard InChI is InChI=1S/C18H40N10/c1-3-11-23-15(19)27-17(21)25-13-9-7-5-6-8-10-14-26-18(22)28-16(20)24-12-4-2/h3-14H2,1-2H3,(H5,19,21,23,25,27)(H5,20,22,24,26,28). The number of rotatable bonds is 13. The van der Waals surface area contributed by atoms with E-state index in [0.29, 0.717) is 50.0 Å². The van der Waals surface area contributed by atoms with Gasteiger partial charge in [-0.05, 0) is 25.7 Å². The molecule has 0 aromatic carbocycles. The highest BCUT2D eigenvalue weighted by Crippen LogP contribution is 2.05. The summed E-state index contributed by atoms with van der Waals surface area (Å²) in [5.41, 5.74) is 22.9. The van der Waals surface area contributed by atoms with Crippen molar-refractivity contribution in [2.75, 3.05) is 26.2 Å². The van der Waals surface area contributed by atoms with Gasteiger partial charge in [0.2, 0.25) is 0 Å². The third kappa shape index (κ3) is 16.9. The van der Waals surface area contributed by atoms with Gasteiger partial charge >= 0.3 is 0 Å². The van der Waals surface area contributed by atoms with Crippen molar-refractivity contribution in [3.63, 3.8) is 0 Å². The summed E-state index contributed by atoms with van der Waals surface area (Å²) in [6, 6.07) is 0. The fraction of sp³-hybridized carbons (Fsp3) is 0.778. The first-order valence-corrected chi connectivity index (χ1v) is 10.2. The molecule has 0 aliphatic rings. The third-order valence-corrected chi connectivity index (χ3v) is 3.65. The Bertz CT molecular complexity index is 464. The Morgan fingerprint density at radius 1 is 0.500 bits per heavy atom. The quantitative estimate of drug-likeness (QED) is 0.151. The van der Waals surface area contributed by atoms with Gasteiger partial charge in [-0.2, -0.15) is 0 Å². The zero-order valence-corrected chi connectivity index (χ0v) is 17.6. The van der Waals surface area contributed by atoms with Gasteiger partial charge in [0.05, 0.1) is 0 Å². The lowest BCUT2D eigenvalue weighted by atomic mass is 10.1. The van der Waals surface area contributed by atoms with E-state index < -0.39 is 0 Å². The second-order valence-electron chi connectivity index (χ2n) is 6.44. The van der Waals surface area contributed by atoms with Crippen molar-refractivity contribution < 1.29 is 0 Å². The molecule has 10 heteroatoms. The van der Waals surface area contributed by atoms with E-state index in [1.165, 1.54) is 0 Å². The summed E-state index contributed by atoms with van der Waals surface area (Å²) in [5.74, 6) is 1.28. The van der Waals surface area contributed by atoms with Crippen molar-refractivity contribution >= 4 is 23.8 Å². The minimum absolute atomic E-state index is 0.317. The van der Waals surface area contributed by atoms with Crippen LogP contribution in [0.25, 0.3) is 0 Å². The van der Waals surface area contributed by atoms with Crippen LogP contribution in [-0.2, 0) is 0 Å². The Morgan fingerprint density at radius 3 is 1.11 bits per heavy atom. The molecule has 0 aromatic rings. The van der Waals surface area contributed by atoms with Gasteiger partial charge in [-0.25, -0.2) is 0 Å². The van der Waals surface area contributed by atoms with Gasteiger partial charge < -0.3 is 22.9 Å². The summed E-state index contributed by atoms with van der Waals surface area (Å²) in [7, 11) is 0. The van der Waals surface area contributed by atoms with Crippen LogP contribution in [0, 0.1) is 0 Å². The first kappa shape index (κ1) is 25.5. The largest absolute Gasteiger partial charge is 0.370 e. The molecule has 162 valence electrons. The SMILES string of the molecule is CCCN=C(N)NC(N)=NCCCCCCCCN=C(N)NC(N)=NCCC. The summed E-state index contributed by atoms with van der Waals surface area (Å²) >= 11 is 0. The lowest BCUT2D eigenvalue weighted by Crippen LogP contribution is -2.41. The van der Waals surface area contributed by atoms with E-state index in [-0.39, 0.29) is 0 Å². The number of unbranched alkanes of at least 4 members (excludes halogenated alkanes) is 5. The van der Waals surface area contributed by atoms with E-state index >= 15 is 0 Å². The molecular formula is C18H40N10. The summed E-state index contributed by atoms with van der Waals surface area (Å²) in [6.45, 7) is 6.81. The molecule has 0 saturated carbocycles. The number of hydrogen-bond acceptors (Lipinski definition) is 4. The fourth-order valence-electron chi connectivity index (χ4n) is 2.21. The molecule has 0 spiro atoms. The number of nitrogens with zero attached hydrogens (tertiary/aromatic N) is 4. The Kier molecular flexibility index (Phi) is 16.3. The first-order valence-electron chi connectivity index (χ1n) is 10.2. The van der Waals surface area contributed by atoms with Gasteiger partial charge in [-0.3, -0.25) is 30.6 Å². The molecule has 0 saturated heterocycles. The number of hydrogen-bond donors (Lipinski definition) is 6.